The van der Waals surface area contributed by atoms with Gasteiger partial charge in [0.1, 0.15) is 17.8 Å². The number of rotatable bonds is 5. The third-order valence-electron chi connectivity index (χ3n) is 2.35. The Morgan fingerprint density at radius 1 is 1.47 bits per heavy atom. The van der Waals surface area contributed by atoms with Gasteiger partial charge in [-0.3, -0.25) is 4.79 Å². The number of pyridine rings is 1. The summed E-state index contributed by atoms with van der Waals surface area (Å²) >= 11 is 5.98. The predicted molar refractivity (Wildman–Crippen MR) is 72.5 cm³/mol. The van der Waals surface area contributed by atoms with Crippen LogP contribution in [-0.2, 0) is 0 Å². The molecular weight excluding hydrogens is 268 g/mol. The highest BCUT2D eigenvalue weighted by molar-refractivity contribution is 6.34. The summed E-state index contributed by atoms with van der Waals surface area (Å²) in [5.74, 6) is 0.275. The number of halogens is 1. The first kappa shape index (κ1) is 13.4. The zero-order valence-electron chi connectivity index (χ0n) is 10.3. The van der Waals surface area contributed by atoms with Gasteiger partial charge in [-0.25, -0.2) is 4.98 Å². The highest BCUT2D eigenvalue weighted by Gasteiger charge is 2.13. The lowest BCUT2D eigenvalue weighted by Gasteiger charge is -2.08. The molecule has 2 heterocycles. The Kier molecular flexibility index (Phi) is 4.35. The average Bonchev–Trinajstić information content (AvgIpc) is 2.90. The zero-order chi connectivity index (χ0) is 13.7. The molecule has 0 spiro atoms. The van der Waals surface area contributed by atoms with Crippen molar-refractivity contribution < 1.29 is 9.32 Å². The molecule has 0 aliphatic rings. The fourth-order valence-electron chi connectivity index (χ4n) is 1.43. The van der Waals surface area contributed by atoms with Crippen molar-refractivity contribution in [2.24, 2.45) is 0 Å². The van der Waals surface area contributed by atoms with E-state index in [1.165, 1.54) is 18.7 Å². The van der Waals surface area contributed by atoms with Crippen molar-refractivity contribution >= 4 is 29.0 Å². The smallest absolute Gasteiger partial charge is 0.257 e. The fourth-order valence-corrected chi connectivity index (χ4v) is 1.62. The summed E-state index contributed by atoms with van der Waals surface area (Å²) < 4.78 is 4.64. The summed E-state index contributed by atoms with van der Waals surface area (Å²) in [6.45, 7) is 2.82. The molecule has 19 heavy (non-hydrogen) atoms. The highest BCUT2D eigenvalue weighted by Crippen LogP contribution is 2.19. The van der Waals surface area contributed by atoms with Gasteiger partial charge < -0.3 is 15.2 Å². The Hall–Kier alpha value is -2.08. The summed E-state index contributed by atoms with van der Waals surface area (Å²) in [6.07, 6.45) is 5.15. The van der Waals surface area contributed by atoms with E-state index in [9.17, 15) is 4.79 Å². The molecule has 0 saturated carbocycles. The Morgan fingerprint density at radius 3 is 3.00 bits per heavy atom. The first-order valence-electron chi connectivity index (χ1n) is 5.81. The van der Waals surface area contributed by atoms with Gasteiger partial charge in [0, 0.05) is 12.7 Å². The number of hydrogen-bond acceptors (Lipinski definition) is 5. The largest absolute Gasteiger partial charge is 0.370 e. The van der Waals surface area contributed by atoms with E-state index in [1.54, 1.807) is 6.07 Å². The molecule has 2 N–H and O–H groups in total. The molecular formula is C12H13ClN4O2. The van der Waals surface area contributed by atoms with Crippen LogP contribution < -0.4 is 10.6 Å². The Labute approximate surface area is 115 Å². The Morgan fingerprint density at radius 2 is 2.32 bits per heavy atom. The summed E-state index contributed by atoms with van der Waals surface area (Å²) in [6, 6.07) is 1.61. The van der Waals surface area contributed by atoms with Crippen LogP contribution in [0.3, 0.4) is 0 Å². The second-order valence-electron chi connectivity index (χ2n) is 3.84. The lowest BCUT2D eigenvalue weighted by atomic mass is 10.2. The van der Waals surface area contributed by atoms with Crippen LogP contribution in [0.2, 0.25) is 5.02 Å². The van der Waals surface area contributed by atoms with Gasteiger partial charge >= 0.3 is 0 Å². The zero-order valence-corrected chi connectivity index (χ0v) is 11.1. The van der Waals surface area contributed by atoms with E-state index in [0.717, 1.165) is 13.0 Å². The van der Waals surface area contributed by atoms with Gasteiger partial charge in [-0.2, -0.15) is 0 Å². The van der Waals surface area contributed by atoms with Crippen LogP contribution in [-0.4, -0.2) is 22.6 Å². The predicted octanol–water partition coefficient (Wildman–Crippen LogP) is 2.80. The van der Waals surface area contributed by atoms with Crippen LogP contribution in [0.1, 0.15) is 23.7 Å². The molecule has 0 unspecified atom stereocenters. The van der Waals surface area contributed by atoms with Crippen LogP contribution in [0.15, 0.2) is 29.2 Å². The number of aromatic nitrogens is 2. The molecule has 6 nitrogen and oxygen atoms in total. The van der Waals surface area contributed by atoms with E-state index in [2.05, 4.69) is 25.3 Å². The Bertz CT molecular complexity index is 557. The van der Waals surface area contributed by atoms with Crippen molar-refractivity contribution in [3.63, 3.8) is 0 Å². The molecule has 1 amide bonds. The maximum atomic E-state index is 12.0. The molecule has 7 heteroatoms. The van der Waals surface area contributed by atoms with Crippen molar-refractivity contribution in [1.82, 2.24) is 10.1 Å². The average molecular weight is 281 g/mol. The molecule has 0 aliphatic heterocycles. The summed E-state index contributed by atoms with van der Waals surface area (Å²) in [5, 5.41) is 9.51. The topological polar surface area (TPSA) is 80.0 Å². The molecule has 2 aromatic rings. The second-order valence-corrected chi connectivity index (χ2v) is 4.25. The first-order chi connectivity index (χ1) is 9.20. The van der Waals surface area contributed by atoms with Crippen LogP contribution in [0, 0.1) is 0 Å². The standard InChI is InChI=1S/C12H13ClN4O2/c1-2-3-14-11-4-9(10(13)6-15-11)12(18)17-8-5-16-19-7-8/h4-7H,2-3H2,1H3,(H,14,15)(H,17,18). The number of carbonyl (C=O) groups is 1. The molecule has 0 aromatic carbocycles. The van der Waals surface area contributed by atoms with E-state index in [-0.39, 0.29) is 10.9 Å². The minimum absolute atomic E-state index is 0.288. The molecule has 2 aromatic heterocycles. The van der Waals surface area contributed by atoms with Crippen LogP contribution in [0.4, 0.5) is 11.5 Å². The summed E-state index contributed by atoms with van der Waals surface area (Å²) in [5.41, 5.74) is 0.817. The van der Waals surface area contributed by atoms with Gasteiger partial charge in [-0.05, 0) is 12.5 Å². The number of nitrogens with one attached hydrogen (secondary N) is 2. The summed E-state index contributed by atoms with van der Waals surface area (Å²) in [4.78, 5) is 16.1. The summed E-state index contributed by atoms with van der Waals surface area (Å²) in [7, 11) is 0. The Balaban J connectivity index is 2.15. The lowest BCUT2D eigenvalue weighted by Crippen LogP contribution is -2.13. The van der Waals surface area contributed by atoms with Gasteiger partial charge in [-0.1, -0.05) is 23.7 Å². The van der Waals surface area contributed by atoms with Crippen molar-refractivity contribution in [2.75, 3.05) is 17.2 Å². The molecule has 2 rings (SSSR count). The van der Waals surface area contributed by atoms with E-state index >= 15 is 0 Å². The van der Waals surface area contributed by atoms with E-state index < -0.39 is 0 Å². The maximum Gasteiger partial charge on any atom is 0.257 e. The quantitative estimate of drug-likeness (QED) is 0.880. The molecule has 0 bridgehead atoms. The van der Waals surface area contributed by atoms with Crippen LogP contribution in [0.5, 0.6) is 0 Å². The van der Waals surface area contributed by atoms with Gasteiger partial charge in [-0.15, -0.1) is 0 Å². The highest BCUT2D eigenvalue weighted by atomic mass is 35.5. The normalized spacial score (nSPS) is 10.2. The molecule has 0 radical (unpaired) electrons. The van der Waals surface area contributed by atoms with Gasteiger partial charge in [0.25, 0.3) is 5.91 Å². The monoisotopic (exact) mass is 280 g/mol. The number of amides is 1. The molecule has 100 valence electrons. The number of anilines is 2. The van der Waals surface area contributed by atoms with Crippen LogP contribution in [0.25, 0.3) is 0 Å². The van der Waals surface area contributed by atoms with Crippen molar-refractivity contribution in [3.8, 4) is 0 Å². The minimum Gasteiger partial charge on any atom is -0.370 e. The SMILES string of the molecule is CCCNc1cc(C(=O)Nc2cnoc2)c(Cl)cn1. The van der Waals surface area contributed by atoms with Gasteiger partial charge in [0.2, 0.25) is 0 Å². The fraction of sp³-hybridized carbons (Fsp3) is 0.250. The third-order valence-corrected chi connectivity index (χ3v) is 2.65. The van der Waals surface area contributed by atoms with E-state index in [1.807, 2.05) is 6.92 Å². The molecule has 0 atom stereocenters. The second kappa shape index (κ2) is 6.19. The minimum atomic E-state index is -0.338. The molecule has 0 fully saturated rings. The lowest BCUT2D eigenvalue weighted by molar-refractivity contribution is 0.102. The van der Waals surface area contributed by atoms with Crippen molar-refractivity contribution in [2.45, 2.75) is 13.3 Å². The maximum absolute atomic E-state index is 12.0. The molecule has 0 saturated heterocycles. The van der Waals surface area contributed by atoms with Gasteiger partial charge in [0.15, 0.2) is 0 Å². The van der Waals surface area contributed by atoms with Crippen molar-refractivity contribution in [3.05, 3.63) is 35.3 Å². The van der Waals surface area contributed by atoms with E-state index in [4.69, 9.17) is 11.6 Å². The molecule has 0 aliphatic carbocycles. The van der Waals surface area contributed by atoms with Crippen LogP contribution >= 0.6 is 11.6 Å². The first-order valence-corrected chi connectivity index (χ1v) is 6.18. The number of nitrogens with zero attached hydrogens (tertiary/aromatic N) is 2. The van der Waals surface area contributed by atoms with Gasteiger partial charge in [0.05, 0.1) is 16.8 Å². The number of carbonyl (C=O) groups excluding carboxylic acids is 1. The number of hydrogen-bond donors (Lipinski definition) is 2. The third kappa shape index (κ3) is 3.45. The van der Waals surface area contributed by atoms with E-state index in [0.29, 0.717) is 17.1 Å². The van der Waals surface area contributed by atoms with Crippen molar-refractivity contribution in [1.29, 1.82) is 0 Å².